The molecule has 0 atom stereocenters. The van der Waals surface area contributed by atoms with E-state index in [0.717, 1.165) is 18.2 Å². The second-order valence-corrected chi connectivity index (χ2v) is 3.97. The van der Waals surface area contributed by atoms with Crippen molar-refractivity contribution < 1.29 is 23.4 Å². The highest BCUT2D eigenvalue weighted by Gasteiger charge is 2.13. The monoisotopic (exact) mass is 279 g/mol. The molecule has 6 heteroatoms. The van der Waals surface area contributed by atoms with E-state index in [1.54, 1.807) is 0 Å². The second-order valence-electron chi connectivity index (χ2n) is 3.97. The number of halogens is 2. The highest BCUT2D eigenvalue weighted by Crippen LogP contribution is 2.21. The van der Waals surface area contributed by atoms with E-state index in [2.05, 4.69) is 5.32 Å². The minimum Gasteiger partial charge on any atom is -0.505 e. The molecular formula is C14H11F2NO3. The highest BCUT2D eigenvalue weighted by molar-refractivity contribution is 6.04. The molecule has 0 bridgehead atoms. The number of benzene rings is 2. The predicted octanol–water partition coefficient (Wildman–Crippen LogP) is 2.93. The molecule has 0 saturated heterocycles. The quantitative estimate of drug-likeness (QED) is 0.849. The maximum atomic E-state index is 13.7. The van der Waals surface area contributed by atoms with Gasteiger partial charge in [0.05, 0.1) is 12.7 Å². The van der Waals surface area contributed by atoms with Gasteiger partial charge in [0.2, 0.25) is 0 Å². The average Bonchev–Trinajstić information content (AvgIpc) is 2.42. The first-order valence-electron chi connectivity index (χ1n) is 5.64. The van der Waals surface area contributed by atoms with Gasteiger partial charge in [0.25, 0.3) is 5.91 Å². The molecule has 2 rings (SSSR count). The fourth-order valence-electron chi connectivity index (χ4n) is 1.59. The van der Waals surface area contributed by atoms with E-state index in [4.69, 9.17) is 9.84 Å². The number of hydrogen-bond donors (Lipinski definition) is 2. The summed E-state index contributed by atoms with van der Waals surface area (Å²) in [5.41, 5.74) is -0.0835. The van der Waals surface area contributed by atoms with Crippen LogP contribution in [0.2, 0.25) is 0 Å². The van der Waals surface area contributed by atoms with Crippen molar-refractivity contribution in [1.29, 1.82) is 0 Å². The minimum atomic E-state index is -0.877. The molecule has 0 fully saturated rings. The summed E-state index contributed by atoms with van der Waals surface area (Å²) in [5, 5.41) is 11.4. The SMILES string of the molecule is COc1ccc(C(=O)Nc2ccc(O)c(F)c2)c(F)c1. The molecule has 0 spiro atoms. The number of aromatic hydroxyl groups is 1. The lowest BCUT2D eigenvalue weighted by atomic mass is 10.2. The summed E-state index contributed by atoms with van der Waals surface area (Å²) in [7, 11) is 1.38. The molecule has 0 aliphatic rings. The van der Waals surface area contributed by atoms with E-state index in [0.29, 0.717) is 0 Å². The summed E-state index contributed by atoms with van der Waals surface area (Å²) in [4.78, 5) is 11.9. The van der Waals surface area contributed by atoms with Crippen molar-refractivity contribution in [2.24, 2.45) is 0 Å². The van der Waals surface area contributed by atoms with Gasteiger partial charge in [-0.1, -0.05) is 0 Å². The molecule has 4 nitrogen and oxygen atoms in total. The second kappa shape index (κ2) is 5.56. The van der Waals surface area contributed by atoms with Crippen LogP contribution in [0.1, 0.15) is 10.4 Å². The number of rotatable bonds is 3. The van der Waals surface area contributed by atoms with E-state index in [1.165, 1.54) is 25.3 Å². The number of phenols is 1. The van der Waals surface area contributed by atoms with Gasteiger partial charge in [-0.15, -0.1) is 0 Å². The third-order valence-corrected chi connectivity index (χ3v) is 2.63. The standard InChI is InChI=1S/C14H11F2NO3/c1-20-9-3-4-10(11(15)7-9)14(19)17-8-2-5-13(18)12(16)6-8/h2-7,18H,1H3,(H,17,19). The molecule has 2 aromatic carbocycles. The van der Waals surface area contributed by atoms with Crippen molar-refractivity contribution in [2.45, 2.75) is 0 Å². The molecule has 0 radical (unpaired) electrons. The van der Waals surface area contributed by atoms with Crippen LogP contribution in [0, 0.1) is 11.6 Å². The topological polar surface area (TPSA) is 58.6 Å². The van der Waals surface area contributed by atoms with Gasteiger partial charge in [0.15, 0.2) is 11.6 Å². The van der Waals surface area contributed by atoms with Crippen LogP contribution in [0.25, 0.3) is 0 Å². The number of hydrogen-bond acceptors (Lipinski definition) is 3. The molecule has 0 unspecified atom stereocenters. The zero-order valence-electron chi connectivity index (χ0n) is 10.5. The van der Waals surface area contributed by atoms with Gasteiger partial charge in [-0.3, -0.25) is 4.79 Å². The Hall–Kier alpha value is -2.63. The zero-order chi connectivity index (χ0) is 14.7. The maximum absolute atomic E-state index is 13.7. The van der Waals surface area contributed by atoms with E-state index < -0.39 is 23.3 Å². The van der Waals surface area contributed by atoms with Gasteiger partial charge < -0.3 is 15.2 Å². The average molecular weight is 279 g/mol. The lowest BCUT2D eigenvalue weighted by molar-refractivity contribution is 0.102. The molecule has 0 heterocycles. The molecule has 104 valence electrons. The molecule has 20 heavy (non-hydrogen) atoms. The molecule has 0 aliphatic carbocycles. The van der Waals surface area contributed by atoms with Crippen LogP contribution < -0.4 is 10.1 Å². The number of phenolic OH excluding ortho intramolecular Hbond substituents is 1. The number of carbonyl (C=O) groups excluding carboxylic acids is 1. The fraction of sp³-hybridized carbons (Fsp3) is 0.0714. The largest absolute Gasteiger partial charge is 0.505 e. The zero-order valence-corrected chi connectivity index (χ0v) is 10.5. The molecule has 1 amide bonds. The van der Waals surface area contributed by atoms with Crippen LogP contribution in [0.5, 0.6) is 11.5 Å². The third-order valence-electron chi connectivity index (χ3n) is 2.63. The summed E-state index contributed by atoms with van der Waals surface area (Å²) >= 11 is 0. The number of nitrogens with one attached hydrogen (secondary N) is 1. The lowest BCUT2D eigenvalue weighted by Gasteiger charge is -2.08. The van der Waals surface area contributed by atoms with E-state index in [9.17, 15) is 13.6 Å². The van der Waals surface area contributed by atoms with Gasteiger partial charge in [-0.2, -0.15) is 0 Å². The molecule has 2 aromatic rings. The fourth-order valence-corrected chi connectivity index (χ4v) is 1.59. The van der Waals surface area contributed by atoms with Crippen molar-refractivity contribution in [2.75, 3.05) is 12.4 Å². The van der Waals surface area contributed by atoms with E-state index in [-0.39, 0.29) is 17.0 Å². The first-order chi connectivity index (χ1) is 9.51. The van der Waals surface area contributed by atoms with E-state index >= 15 is 0 Å². The number of carbonyl (C=O) groups is 1. The van der Waals surface area contributed by atoms with Crippen LogP contribution in [0.3, 0.4) is 0 Å². The number of ether oxygens (including phenoxy) is 1. The Morgan fingerprint density at radius 3 is 2.50 bits per heavy atom. The summed E-state index contributed by atoms with van der Waals surface area (Å²) in [6.07, 6.45) is 0. The van der Waals surface area contributed by atoms with Gasteiger partial charge in [0, 0.05) is 17.8 Å². The van der Waals surface area contributed by atoms with Crippen molar-refractivity contribution in [1.82, 2.24) is 0 Å². The minimum absolute atomic E-state index is 0.112. The van der Waals surface area contributed by atoms with Gasteiger partial charge in [-0.05, 0) is 24.3 Å². The Morgan fingerprint density at radius 2 is 1.90 bits per heavy atom. The maximum Gasteiger partial charge on any atom is 0.258 e. The molecule has 2 N–H and O–H groups in total. The Labute approximate surface area is 113 Å². The van der Waals surface area contributed by atoms with Crippen LogP contribution in [-0.2, 0) is 0 Å². The Bertz CT molecular complexity index is 659. The smallest absolute Gasteiger partial charge is 0.258 e. The van der Waals surface area contributed by atoms with Gasteiger partial charge in [-0.25, -0.2) is 8.78 Å². The Balaban J connectivity index is 2.21. The third kappa shape index (κ3) is 2.85. The summed E-state index contributed by atoms with van der Waals surface area (Å²) in [5.74, 6) is -2.59. The number of amides is 1. The first-order valence-corrected chi connectivity index (χ1v) is 5.64. The summed E-state index contributed by atoms with van der Waals surface area (Å²) in [6, 6.07) is 7.11. The normalized spacial score (nSPS) is 10.2. The van der Waals surface area contributed by atoms with Crippen molar-refractivity contribution in [3.05, 3.63) is 53.6 Å². The van der Waals surface area contributed by atoms with Crippen molar-refractivity contribution >= 4 is 11.6 Å². The summed E-state index contributed by atoms with van der Waals surface area (Å²) < 4.78 is 31.6. The first kappa shape index (κ1) is 13.8. The predicted molar refractivity (Wildman–Crippen MR) is 69.0 cm³/mol. The Morgan fingerprint density at radius 1 is 1.15 bits per heavy atom. The van der Waals surface area contributed by atoms with Crippen molar-refractivity contribution in [3.8, 4) is 11.5 Å². The van der Waals surface area contributed by atoms with Crippen LogP contribution in [0.4, 0.5) is 14.5 Å². The number of anilines is 1. The van der Waals surface area contributed by atoms with Gasteiger partial charge in [0.1, 0.15) is 11.6 Å². The Kier molecular flexibility index (Phi) is 3.84. The number of methoxy groups -OCH3 is 1. The lowest BCUT2D eigenvalue weighted by Crippen LogP contribution is -2.13. The van der Waals surface area contributed by atoms with Crippen molar-refractivity contribution in [3.63, 3.8) is 0 Å². The summed E-state index contributed by atoms with van der Waals surface area (Å²) in [6.45, 7) is 0. The van der Waals surface area contributed by atoms with E-state index in [1.807, 2.05) is 0 Å². The molecule has 0 aliphatic heterocycles. The highest BCUT2D eigenvalue weighted by atomic mass is 19.1. The molecule has 0 saturated carbocycles. The molecule has 0 aromatic heterocycles. The van der Waals surface area contributed by atoms with Gasteiger partial charge >= 0.3 is 0 Å². The van der Waals surface area contributed by atoms with Crippen LogP contribution >= 0.6 is 0 Å². The van der Waals surface area contributed by atoms with Crippen LogP contribution in [0.15, 0.2) is 36.4 Å². The molecular weight excluding hydrogens is 268 g/mol. The van der Waals surface area contributed by atoms with Crippen LogP contribution in [-0.4, -0.2) is 18.1 Å².